The van der Waals surface area contributed by atoms with E-state index in [9.17, 15) is 8.78 Å². The van der Waals surface area contributed by atoms with Gasteiger partial charge in [-0.1, -0.05) is 26.0 Å². The van der Waals surface area contributed by atoms with E-state index in [1.54, 1.807) is 0 Å². The number of halogens is 2. The van der Waals surface area contributed by atoms with Crippen molar-refractivity contribution in [3.8, 4) is 5.75 Å². The zero-order valence-electron chi connectivity index (χ0n) is 11.7. The summed E-state index contributed by atoms with van der Waals surface area (Å²) in [5.74, 6) is 0.241. The van der Waals surface area contributed by atoms with Crippen LogP contribution in [0.2, 0.25) is 0 Å². The maximum atomic E-state index is 13.4. The summed E-state index contributed by atoms with van der Waals surface area (Å²) in [6, 6.07) is 11.1. The third-order valence-corrected chi connectivity index (χ3v) is 3.46. The van der Waals surface area contributed by atoms with Crippen molar-refractivity contribution in [2.24, 2.45) is 0 Å². The molecule has 0 heterocycles. The van der Waals surface area contributed by atoms with Crippen molar-refractivity contribution in [3.63, 3.8) is 0 Å². The first kappa shape index (κ1) is 14.5. The second-order valence-corrected chi connectivity index (χ2v) is 4.90. The van der Waals surface area contributed by atoms with Gasteiger partial charge in [0.05, 0.1) is 0 Å². The fraction of sp³-hybridized carbons (Fsp3) is 0.294. The van der Waals surface area contributed by atoms with Gasteiger partial charge < -0.3 is 4.74 Å². The lowest BCUT2D eigenvalue weighted by Crippen LogP contribution is -1.99. The predicted octanol–water partition coefficient (Wildman–Crippen LogP) is 5.06. The molecule has 0 aliphatic heterocycles. The van der Waals surface area contributed by atoms with E-state index in [0.717, 1.165) is 24.6 Å². The highest BCUT2D eigenvalue weighted by molar-refractivity contribution is 5.29. The molecule has 20 heavy (non-hydrogen) atoms. The van der Waals surface area contributed by atoms with E-state index >= 15 is 0 Å². The highest BCUT2D eigenvalue weighted by Gasteiger charge is 2.06. The van der Waals surface area contributed by atoms with Crippen LogP contribution in [0.3, 0.4) is 0 Å². The molecule has 1 nitrogen and oxygen atoms in total. The van der Waals surface area contributed by atoms with Crippen LogP contribution in [0.15, 0.2) is 42.5 Å². The fourth-order valence-corrected chi connectivity index (χ4v) is 1.94. The Morgan fingerprint density at radius 1 is 1.05 bits per heavy atom. The molecule has 0 radical (unpaired) electrons. The molecule has 0 spiro atoms. The van der Waals surface area contributed by atoms with Gasteiger partial charge in [0.15, 0.2) is 0 Å². The van der Waals surface area contributed by atoms with Crippen LogP contribution in [0.5, 0.6) is 5.75 Å². The number of rotatable bonds is 5. The van der Waals surface area contributed by atoms with Crippen LogP contribution in [0, 0.1) is 11.6 Å². The monoisotopic (exact) mass is 276 g/mol. The highest BCUT2D eigenvalue weighted by atomic mass is 19.1. The van der Waals surface area contributed by atoms with E-state index in [4.69, 9.17) is 4.74 Å². The van der Waals surface area contributed by atoms with Crippen LogP contribution in [0.4, 0.5) is 8.78 Å². The Hall–Kier alpha value is -1.90. The Labute approximate surface area is 118 Å². The average Bonchev–Trinajstić information content (AvgIpc) is 2.48. The normalized spacial score (nSPS) is 12.2. The van der Waals surface area contributed by atoms with Crippen molar-refractivity contribution in [2.45, 2.75) is 32.8 Å². The molecule has 1 unspecified atom stereocenters. The lowest BCUT2D eigenvalue weighted by molar-refractivity contribution is 0.299. The molecule has 0 saturated carbocycles. The third-order valence-electron chi connectivity index (χ3n) is 3.46. The number of hydrogen-bond donors (Lipinski definition) is 0. The van der Waals surface area contributed by atoms with Crippen LogP contribution < -0.4 is 4.74 Å². The molecule has 2 aromatic rings. The molecule has 0 saturated heterocycles. The van der Waals surface area contributed by atoms with E-state index in [0.29, 0.717) is 11.7 Å². The van der Waals surface area contributed by atoms with E-state index in [-0.39, 0.29) is 12.2 Å². The lowest BCUT2D eigenvalue weighted by atomic mass is 9.99. The van der Waals surface area contributed by atoms with E-state index in [1.807, 2.05) is 24.3 Å². The molecule has 0 amide bonds. The highest BCUT2D eigenvalue weighted by Crippen LogP contribution is 2.22. The van der Waals surface area contributed by atoms with E-state index in [1.165, 1.54) is 5.56 Å². The molecule has 0 aromatic heterocycles. The second kappa shape index (κ2) is 6.51. The minimum absolute atomic E-state index is 0.0201. The SMILES string of the molecule is CCC(C)c1ccc(OCc2cc(F)ccc2F)cc1. The van der Waals surface area contributed by atoms with Gasteiger partial charge in [-0.2, -0.15) is 0 Å². The molecule has 106 valence electrons. The summed E-state index contributed by atoms with van der Waals surface area (Å²) in [4.78, 5) is 0. The first-order valence-electron chi connectivity index (χ1n) is 6.77. The molecule has 0 aliphatic carbocycles. The molecule has 0 fully saturated rings. The molecule has 2 aromatic carbocycles. The zero-order valence-corrected chi connectivity index (χ0v) is 11.7. The van der Waals surface area contributed by atoms with Crippen molar-refractivity contribution < 1.29 is 13.5 Å². The fourth-order valence-electron chi connectivity index (χ4n) is 1.94. The summed E-state index contributed by atoms with van der Waals surface area (Å²) in [7, 11) is 0. The maximum Gasteiger partial charge on any atom is 0.130 e. The topological polar surface area (TPSA) is 9.23 Å². The van der Waals surface area contributed by atoms with Crippen LogP contribution >= 0.6 is 0 Å². The summed E-state index contributed by atoms with van der Waals surface area (Å²) in [5.41, 5.74) is 1.47. The summed E-state index contributed by atoms with van der Waals surface area (Å²) in [6.07, 6.45) is 1.08. The Morgan fingerprint density at radius 2 is 1.75 bits per heavy atom. The second-order valence-electron chi connectivity index (χ2n) is 4.90. The maximum absolute atomic E-state index is 13.4. The molecule has 0 N–H and O–H groups in total. The van der Waals surface area contributed by atoms with Crippen molar-refractivity contribution in [3.05, 3.63) is 65.2 Å². The average molecular weight is 276 g/mol. The first-order valence-corrected chi connectivity index (χ1v) is 6.77. The minimum Gasteiger partial charge on any atom is -0.489 e. The number of ether oxygens (including phenoxy) is 1. The molecular formula is C17H18F2O. The van der Waals surface area contributed by atoms with Crippen molar-refractivity contribution in [1.29, 1.82) is 0 Å². The van der Waals surface area contributed by atoms with Gasteiger partial charge in [0.1, 0.15) is 24.0 Å². The molecular weight excluding hydrogens is 258 g/mol. The van der Waals surface area contributed by atoms with Gasteiger partial charge >= 0.3 is 0 Å². The number of hydrogen-bond acceptors (Lipinski definition) is 1. The predicted molar refractivity (Wildman–Crippen MR) is 75.8 cm³/mol. The van der Waals surface area contributed by atoms with Gasteiger partial charge in [-0.05, 0) is 48.2 Å². The van der Waals surface area contributed by atoms with Crippen LogP contribution in [-0.4, -0.2) is 0 Å². The van der Waals surface area contributed by atoms with Crippen LogP contribution in [-0.2, 0) is 6.61 Å². The van der Waals surface area contributed by atoms with Gasteiger partial charge in [-0.3, -0.25) is 0 Å². The van der Waals surface area contributed by atoms with Gasteiger partial charge in [-0.25, -0.2) is 8.78 Å². The van der Waals surface area contributed by atoms with Gasteiger partial charge in [0, 0.05) is 5.56 Å². The third kappa shape index (κ3) is 3.56. The van der Waals surface area contributed by atoms with E-state index < -0.39 is 11.6 Å². The minimum atomic E-state index is -0.461. The smallest absolute Gasteiger partial charge is 0.130 e. The molecule has 0 aliphatic rings. The summed E-state index contributed by atoms with van der Waals surface area (Å²) in [5, 5.41) is 0. The Morgan fingerprint density at radius 3 is 2.40 bits per heavy atom. The largest absolute Gasteiger partial charge is 0.489 e. The van der Waals surface area contributed by atoms with Crippen molar-refractivity contribution >= 4 is 0 Å². The van der Waals surface area contributed by atoms with Crippen LogP contribution in [0.25, 0.3) is 0 Å². The Kier molecular flexibility index (Phi) is 4.72. The van der Waals surface area contributed by atoms with Crippen LogP contribution in [0.1, 0.15) is 37.3 Å². The first-order chi connectivity index (χ1) is 9.60. The van der Waals surface area contributed by atoms with Gasteiger partial charge in [-0.15, -0.1) is 0 Å². The zero-order chi connectivity index (χ0) is 14.5. The summed E-state index contributed by atoms with van der Waals surface area (Å²) >= 11 is 0. The molecule has 3 heteroatoms. The summed E-state index contributed by atoms with van der Waals surface area (Å²) < 4.78 is 32.0. The van der Waals surface area contributed by atoms with Gasteiger partial charge in [0.2, 0.25) is 0 Å². The molecule has 1 atom stereocenters. The Balaban J connectivity index is 2.02. The lowest BCUT2D eigenvalue weighted by Gasteiger charge is -2.11. The molecule has 0 bridgehead atoms. The van der Waals surface area contributed by atoms with E-state index in [2.05, 4.69) is 13.8 Å². The van der Waals surface area contributed by atoms with Crippen molar-refractivity contribution in [1.82, 2.24) is 0 Å². The summed E-state index contributed by atoms with van der Waals surface area (Å²) in [6.45, 7) is 4.33. The quantitative estimate of drug-likeness (QED) is 0.742. The van der Waals surface area contributed by atoms with Crippen molar-refractivity contribution in [2.75, 3.05) is 0 Å². The standard InChI is InChI=1S/C17H18F2O/c1-3-12(2)13-4-7-16(8-5-13)20-11-14-10-15(18)6-9-17(14)19/h4-10,12H,3,11H2,1-2H3. The number of benzene rings is 2. The van der Waals surface area contributed by atoms with Gasteiger partial charge in [0.25, 0.3) is 0 Å². The molecule has 2 rings (SSSR count). The Bertz CT molecular complexity index is 564.